The van der Waals surface area contributed by atoms with Crippen LogP contribution >= 0.6 is 0 Å². The van der Waals surface area contributed by atoms with Crippen LogP contribution in [0.2, 0.25) is 0 Å². The summed E-state index contributed by atoms with van der Waals surface area (Å²) in [5, 5.41) is 0. The summed E-state index contributed by atoms with van der Waals surface area (Å²) in [4.78, 5) is 0. The lowest BCUT2D eigenvalue weighted by Gasteiger charge is -2.15. The molecule has 1 aliphatic carbocycles. The van der Waals surface area contributed by atoms with Gasteiger partial charge >= 0.3 is 0 Å². The first-order valence-electron chi connectivity index (χ1n) is 5.23. The van der Waals surface area contributed by atoms with E-state index in [0.717, 1.165) is 17.1 Å². The van der Waals surface area contributed by atoms with Gasteiger partial charge in [0.05, 0.1) is 14.2 Å². The molecular weight excluding hydrogens is 190 g/mol. The van der Waals surface area contributed by atoms with Gasteiger partial charge in [-0.1, -0.05) is 6.07 Å². The Morgan fingerprint density at radius 2 is 2.00 bits per heavy atom. The number of ether oxygens (including phenoxy) is 2. The maximum atomic E-state index is 6.15. The van der Waals surface area contributed by atoms with Gasteiger partial charge in [-0.25, -0.2) is 0 Å². The topological polar surface area (TPSA) is 44.5 Å². The molecular formula is C12H17NO2. The summed E-state index contributed by atoms with van der Waals surface area (Å²) in [5.74, 6) is 2.26. The Hall–Kier alpha value is -1.22. The smallest absolute Gasteiger partial charge is 0.127 e. The van der Waals surface area contributed by atoms with Crippen LogP contribution in [0, 0.1) is 5.92 Å². The number of nitrogens with two attached hydrogens (primary N) is 1. The van der Waals surface area contributed by atoms with Crippen molar-refractivity contribution >= 4 is 0 Å². The molecule has 0 unspecified atom stereocenters. The van der Waals surface area contributed by atoms with E-state index in [2.05, 4.69) is 0 Å². The van der Waals surface area contributed by atoms with E-state index in [9.17, 15) is 0 Å². The van der Waals surface area contributed by atoms with Crippen LogP contribution in [0.3, 0.4) is 0 Å². The first-order chi connectivity index (χ1) is 7.26. The Labute approximate surface area is 90.2 Å². The van der Waals surface area contributed by atoms with Gasteiger partial charge < -0.3 is 15.2 Å². The summed E-state index contributed by atoms with van der Waals surface area (Å²) in [6, 6.07) is 5.92. The minimum absolute atomic E-state index is 0.103. The zero-order valence-corrected chi connectivity index (χ0v) is 9.19. The van der Waals surface area contributed by atoms with Gasteiger partial charge in [0.1, 0.15) is 11.5 Å². The highest BCUT2D eigenvalue weighted by Crippen LogP contribution is 2.42. The summed E-state index contributed by atoms with van der Waals surface area (Å²) in [7, 11) is 3.31. The van der Waals surface area contributed by atoms with Gasteiger partial charge in [-0.3, -0.25) is 0 Å². The summed E-state index contributed by atoms with van der Waals surface area (Å²) in [6.07, 6.45) is 2.46. The molecule has 82 valence electrons. The average molecular weight is 207 g/mol. The fraction of sp³-hybridized carbons (Fsp3) is 0.500. The highest BCUT2D eigenvalue weighted by Gasteiger charge is 2.31. The second kappa shape index (κ2) is 4.11. The van der Waals surface area contributed by atoms with Gasteiger partial charge in [-0.05, 0) is 24.8 Å². The Balaban J connectivity index is 2.28. The van der Waals surface area contributed by atoms with E-state index >= 15 is 0 Å². The normalized spacial score (nSPS) is 17.3. The number of rotatable bonds is 4. The molecule has 1 aromatic carbocycles. The minimum Gasteiger partial charge on any atom is -0.497 e. The number of hydrogen-bond donors (Lipinski definition) is 1. The zero-order valence-electron chi connectivity index (χ0n) is 9.19. The first kappa shape index (κ1) is 10.3. The molecule has 1 atom stereocenters. The molecule has 0 spiro atoms. The molecule has 3 nitrogen and oxygen atoms in total. The third-order valence-corrected chi connectivity index (χ3v) is 2.93. The van der Waals surface area contributed by atoms with E-state index < -0.39 is 0 Å². The van der Waals surface area contributed by atoms with Gasteiger partial charge in [-0.2, -0.15) is 0 Å². The van der Waals surface area contributed by atoms with Crippen LogP contribution in [0.15, 0.2) is 18.2 Å². The predicted molar refractivity (Wildman–Crippen MR) is 59.2 cm³/mol. The lowest BCUT2D eigenvalue weighted by Crippen LogP contribution is -2.13. The molecule has 1 saturated carbocycles. The van der Waals surface area contributed by atoms with Crippen molar-refractivity contribution in [2.24, 2.45) is 11.7 Å². The number of benzene rings is 1. The van der Waals surface area contributed by atoms with E-state index in [1.165, 1.54) is 12.8 Å². The van der Waals surface area contributed by atoms with Crippen LogP contribution in [0.5, 0.6) is 11.5 Å². The highest BCUT2D eigenvalue weighted by molar-refractivity contribution is 5.42. The van der Waals surface area contributed by atoms with Gasteiger partial charge in [0.15, 0.2) is 0 Å². The van der Waals surface area contributed by atoms with Crippen LogP contribution in [-0.4, -0.2) is 14.2 Å². The van der Waals surface area contributed by atoms with Crippen molar-refractivity contribution in [1.29, 1.82) is 0 Å². The van der Waals surface area contributed by atoms with E-state index in [-0.39, 0.29) is 6.04 Å². The average Bonchev–Trinajstić information content (AvgIpc) is 3.11. The molecule has 2 rings (SSSR count). The fourth-order valence-corrected chi connectivity index (χ4v) is 1.80. The van der Waals surface area contributed by atoms with Crippen molar-refractivity contribution in [3.63, 3.8) is 0 Å². The number of hydrogen-bond acceptors (Lipinski definition) is 3. The lowest BCUT2D eigenvalue weighted by atomic mass is 10.0. The quantitative estimate of drug-likeness (QED) is 0.822. The van der Waals surface area contributed by atoms with Crippen molar-refractivity contribution in [3.8, 4) is 11.5 Å². The Morgan fingerprint density at radius 1 is 1.27 bits per heavy atom. The predicted octanol–water partition coefficient (Wildman–Crippen LogP) is 2.11. The van der Waals surface area contributed by atoms with Gasteiger partial charge in [0.2, 0.25) is 0 Å². The van der Waals surface area contributed by atoms with E-state index in [1.54, 1.807) is 14.2 Å². The van der Waals surface area contributed by atoms with Crippen molar-refractivity contribution in [1.82, 2.24) is 0 Å². The van der Waals surface area contributed by atoms with Crippen molar-refractivity contribution in [2.45, 2.75) is 18.9 Å². The van der Waals surface area contributed by atoms with E-state index in [1.807, 2.05) is 18.2 Å². The molecule has 1 fully saturated rings. The van der Waals surface area contributed by atoms with Crippen molar-refractivity contribution in [2.75, 3.05) is 14.2 Å². The van der Waals surface area contributed by atoms with Crippen LogP contribution in [0.25, 0.3) is 0 Å². The Morgan fingerprint density at radius 3 is 2.53 bits per heavy atom. The molecule has 2 N–H and O–H groups in total. The van der Waals surface area contributed by atoms with Gasteiger partial charge in [0.25, 0.3) is 0 Å². The maximum Gasteiger partial charge on any atom is 0.127 e. The molecule has 0 aliphatic heterocycles. The third kappa shape index (κ3) is 2.07. The second-order valence-corrected chi connectivity index (χ2v) is 3.97. The van der Waals surface area contributed by atoms with Crippen molar-refractivity contribution in [3.05, 3.63) is 23.8 Å². The summed E-state index contributed by atoms with van der Waals surface area (Å²) in [6.45, 7) is 0. The van der Waals surface area contributed by atoms with Crippen LogP contribution < -0.4 is 15.2 Å². The molecule has 0 heterocycles. The molecule has 0 radical (unpaired) electrons. The van der Waals surface area contributed by atoms with Crippen LogP contribution in [0.1, 0.15) is 24.4 Å². The minimum atomic E-state index is 0.103. The SMILES string of the molecule is COc1ccc([C@@H](N)C2CC2)c(OC)c1. The lowest BCUT2D eigenvalue weighted by molar-refractivity contribution is 0.386. The van der Waals surface area contributed by atoms with E-state index in [0.29, 0.717) is 5.92 Å². The molecule has 0 amide bonds. The van der Waals surface area contributed by atoms with Crippen LogP contribution in [0.4, 0.5) is 0 Å². The van der Waals surface area contributed by atoms with Gasteiger partial charge in [0, 0.05) is 17.7 Å². The highest BCUT2D eigenvalue weighted by atomic mass is 16.5. The second-order valence-electron chi connectivity index (χ2n) is 3.97. The molecule has 3 heteroatoms. The number of methoxy groups -OCH3 is 2. The monoisotopic (exact) mass is 207 g/mol. The molecule has 1 aromatic rings. The molecule has 1 aliphatic rings. The van der Waals surface area contributed by atoms with Gasteiger partial charge in [-0.15, -0.1) is 0 Å². The molecule has 0 bridgehead atoms. The zero-order chi connectivity index (χ0) is 10.8. The molecule has 0 aromatic heterocycles. The molecule has 15 heavy (non-hydrogen) atoms. The van der Waals surface area contributed by atoms with Crippen molar-refractivity contribution < 1.29 is 9.47 Å². The van der Waals surface area contributed by atoms with E-state index in [4.69, 9.17) is 15.2 Å². The van der Waals surface area contributed by atoms with Crippen LogP contribution in [-0.2, 0) is 0 Å². The fourth-order valence-electron chi connectivity index (χ4n) is 1.80. The molecule has 0 saturated heterocycles. The Kier molecular flexibility index (Phi) is 2.82. The maximum absolute atomic E-state index is 6.15. The standard InChI is InChI=1S/C12H17NO2/c1-14-9-5-6-10(11(7-9)15-2)12(13)8-3-4-8/h5-8,12H,3-4,13H2,1-2H3/t12-/m0/s1. The summed E-state index contributed by atoms with van der Waals surface area (Å²) >= 11 is 0. The first-order valence-corrected chi connectivity index (χ1v) is 5.23. The Bertz CT molecular complexity index is 347. The summed E-state index contributed by atoms with van der Waals surface area (Å²) < 4.78 is 10.5. The largest absolute Gasteiger partial charge is 0.497 e. The summed E-state index contributed by atoms with van der Waals surface area (Å²) in [5.41, 5.74) is 7.23. The third-order valence-electron chi connectivity index (χ3n) is 2.93.